The number of hydrogen-bond acceptors (Lipinski definition) is 6. The summed E-state index contributed by atoms with van der Waals surface area (Å²) in [5.74, 6) is 0.923. The Labute approximate surface area is 192 Å². The van der Waals surface area contributed by atoms with Crippen molar-refractivity contribution in [2.24, 2.45) is 0 Å². The number of carbonyl (C=O) groups excluding carboxylic acids is 2. The van der Waals surface area contributed by atoms with Gasteiger partial charge >= 0.3 is 0 Å². The normalized spacial score (nSPS) is 14.5. The molecule has 2 aliphatic heterocycles. The van der Waals surface area contributed by atoms with Crippen molar-refractivity contribution in [2.45, 2.75) is 12.8 Å². The van der Waals surface area contributed by atoms with Crippen LogP contribution in [0.25, 0.3) is 10.8 Å². The predicted molar refractivity (Wildman–Crippen MR) is 127 cm³/mol. The van der Waals surface area contributed by atoms with Crippen LogP contribution in [0.3, 0.4) is 0 Å². The molecular weight excluding hydrogens is 418 g/mol. The molecule has 0 radical (unpaired) electrons. The monoisotopic (exact) mass is 445 g/mol. The van der Waals surface area contributed by atoms with Crippen molar-refractivity contribution in [3.05, 3.63) is 65.2 Å². The summed E-state index contributed by atoms with van der Waals surface area (Å²) < 4.78 is 10.8. The summed E-state index contributed by atoms with van der Waals surface area (Å²) in [6.07, 6.45) is 1.55. The van der Waals surface area contributed by atoms with E-state index in [4.69, 9.17) is 9.47 Å². The number of rotatable bonds is 8. The Morgan fingerprint density at radius 1 is 0.970 bits per heavy atom. The van der Waals surface area contributed by atoms with E-state index in [1.54, 1.807) is 0 Å². The molecule has 170 valence electrons. The average Bonchev–Trinajstić information content (AvgIpc) is 3.28. The molecule has 0 saturated heterocycles. The summed E-state index contributed by atoms with van der Waals surface area (Å²) in [5, 5.41) is 5.12. The summed E-state index contributed by atoms with van der Waals surface area (Å²) in [6.45, 7) is 2.33. The van der Waals surface area contributed by atoms with Crippen molar-refractivity contribution in [1.29, 1.82) is 0 Å². The zero-order chi connectivity index (χ0) is 22.9. The molecule has 0 atom stereocenters. The Hall–Kier alpha value is -3.58. The third kappa shape index (κ3) is 4.00. The van der Waals surface area contributed by atoms with Crippen molar-refractivity contribution in [2.75, 3.05) is 45.8 Å². The summed E-state index contributed by atoms with van der Waals surface area (Å²) in [7, 11) is 4.11. The van der Waals surface area contributed by atoms with E-state index >= 15 is 0 Å². The molecule has 0 saturated carbocycles. The number of amides is 2. The molecule has 0 bridgehead atoms. The molecule has 1 N–H and O–H groups in total. The van der Waals surface area contributed by atoms with Gasteiger partial charge in [-0.05, 0) is 69.4 Å². The first-order chi connectivity index (χ1) is 16.0. The third-order valence-electron chi connectivity index (χ3n) is 6.15. The van der Waals surface area contributed by atoms with Crippen LogP contribution in [0, 0.1) is 0 Å². The minimum Gasteiger partial charge on any atom is -0.454 e. The first-order valence-corrected chi connectivity index (χ1v) is 11.2. The third-order valence-corrected chi connectivity index (χ3v) is 6.15. The molecule has 7 heteroatoms. The smallest absolute Gasteiger partial charge is 0.261 e. The van der Waals surface area contributed by atoms with Gasteiger partial charge in [-0.25, -0.2) is 0 Å². The number of anilines is 1. The van der Waals surface area contributed by atoms with Crippen molar-refractivity contribution >= 4 is 28.3 Å². The maximum Gasteiger partial charge on any atom is 0.261 e. The SMILES string of the molecule is CN(C)CCCNc1ccc2c3c(cccc13)C(=O)N(CCc1ccc3c(c1)OCO3)C2=O. The van der Waals surface area contributed by atoms with Crippen LogP contribution in [0.1, 0.15) is 32.7 Å². The quantitative estimate of drug-likeness (QED) is 0.420. The van der Waals surface area contributed by atoms with Gasteiger partial charge in [-0.2, -0.15) is 0 Å². The fraction of sp³-hybridized carbons (Fsp3) is 0.308. The van der Waals surface area contributed by atoms with E-state index in [1.165, 1.54) is 4.90 Å². The predicted octanol–water partition coefficient (Wildman–Crippen LogP) is 3.77. The maximum absolute atomic E-state index is 13.3. The molecule has 5 rings (SSSR count). The average molecular weight is 446 g/mol. The van der Waals surface area contributed by atoms with Crippen molar-refractivity contribution in [1.82, 2.24) is 9.80 Å². The van der Waals surface area contributed by atoms with E-state index in [9.17, 15) is 9.59 Å². The molecule has 2 heterocycles. The first kappa shape index (κ1) is 21.3. The Morgan fingerprint density at radius 3 is 2.58 bits per heavy atom. The van der Waals surface area contributed by atoms with E-state index in [2.05, 4.69) is 24.3 Å². The van der Waals surface area contributed by atoms with Gasteiger partial charge in [-0.1, -0.05) is 18.2 Å². The van der Waals surface area contributed by atoms with Crippen LogP contribution >= 0.6 is 0 Å². The molecule has 0 unspecified atom stereocenters. The van der Waals surface area contributed by atoms with Crippen molar-refractivity contribution in [3.8, 4) is 11.5 Å². The lowest BCUT2D eigenvalue weighted by molar-refractivity contribution is 0.0612. The Bertz CT molecular complexity index is 1220. The number of carbonyl (C=O) groups is 2. The largest absolute Gasteiger partial charge is 0.454 e. The van der Waals surface area contributed by atoms with E-state index in [1.807, 2.05) is 48.5 Å². The molecule has 0 aliphatic carbocycles. The Morgan fingerprint density at radius 2 is 1.76 bits per heavy atom. The van der Waals surface area contributed by atoms with Gasteiger partial charge in [0.05, 0.1) is 0 Å². The van der Waals surface area contributed by atoms with Gasteiger partial charge < -0.3 is 19.7 Å². The molecular formula is C26H27N3O4. The van der Waals surface area contributed by atoms with Crippen molar-refractivity contribution < 1.29 is 19.1 Å². The van der Waals surface area contributed by atoms with Gasteiger partial charge in [0, 0.05) is 40.7 Å². The summed E-state index contributed by atoms with van der Waals surface area (Å²) in [4.78, 5) is 30.1. The zero-order valence-electron chi connectivity index (χ0n) is 18.9. The lowest BCUT2D eigenvalue weighted by atomic mass is 9.92. The van der Waals surface area contributed by atoms with Gasteiger partial charge in [0.2, 0.25) is 6.79 Å². The number of fused-ring (bicyclic) bond motifs is 1. The highest BCUT2D eigenvalue weighted by Gasteiger charge is 2.33. The molecule has 0 spiro atoms. The molecule has 0 fully saturated rings. The lowest BCUT2D eigenvalue weighted by Gasteiger charge is -2.28. The van der Waals surface area contributed by atoms with E-state index in [0.717, 1.165) is 47.3 Å². The summed E-state index contributed by atoms with van der Waals surface area (Å²) in [5.41, 5.74) is 3.08. The molecule has 2 aliphatic rings. The van der Waals surface area contributed by atoms with Crippen LogP contribution in [0.5, 0.6) is 11.5 Å². The highest BCUT2D eigenvalue weighted by molar-refractivity contribution is 6.26. The lowest BCUT2D eigenvalue weighted by Crippen LogP contribution is -2.41. The highest BCUT2D eigenvalue weighted by Crippen LogP contribution is 2.35. The number of ether oxygens (including phenoxy) is 2. The fourth-order valence-corrected chi connectivity index (χ4v) is 4.46. The van der Waals surface area contributed by atoms with Gasteiger partial charge in [-0.15, -0.1) is 0 Å². The second-order valence-corrected chi connectivity index (χ2v) is 8.67. The van der Waals surface area contributed by atoms with Crippen LogP contribution in [-0.2, 0) is 6.42 Å². The van der Waals surface area contributed by atoms with E-state index in [-0.39, 0.29) is 18.6 Å². The van der Waals surface area contributed by atoms with Crippen LogP contribution in [0.2, 0.25) is 0 Å². The van der Waals surface area contributed by atoms with Crippen LogP contribution < -0.4 is 14.8 Å². The van der Waals surface area contributed by atoms with Gasteiger partial charge in [0.15, 0.2) is 11.5 Å². The van der Waals surface area contributed by atoms with E-state index < -0.39 is 0 Å². The van der Waals surface area contributed by atoms with Gasteiger partial charge in [0.1, 0.15) is 0 Å². The standard InChI is InChI=1S/C26H27N3O4/c1-28(2)13-4-12-27-21-9-8-20-24-18(21)5-3-6-19(24)25(30)29(26(20)31)14-11-17-7-10-22-23(15-17)33-16-32-22/h3,5-10,15,27H,4,11-14,16H2,1-2H3. The van der Waals surface area contributed by atoms with Crippen LogP contribution in [0.4, 0.5) is 5.69 Å². The Balaban J connectivity index is 1.37. The van der Waals surface area contributed by atoms with Crippen molar-refractivity contribution in [3.63, 3.8) is 0 Å². The highest BCUT2D eigenvalue weighted by atomic mass is 16.7. The summed E-state index contributed by atoms with van der Waals surface area (Å²) in [6, 6.07) is 15.2. The minimum atomic E-state index is -0.247. The number of hydrogen-bond donors (Lipinski definition) is 1. The maximum atomic E-state index is 13.3. The fourth-order valence-electron chi connectivity index (χ4n) is 4.46. The molecule has 2 amide bonds. The second kappa shape index (κ2) is 8.75. The Kier molecular flexibility index (Phi) is 5.64. The molecule has 3 aromatic rings. The molecule has 0 aromatic heterocycles. The minimum absolute atomic E-state index is 0.217. The topological polar surface area (TPSA) is 71.1 Å². The van der Waals surface area contributed by atoms with Crippen LogP contribution in [-0.4, -0.2) is 62.1 Å². The van der Waals surface area contributed by atoms with E-state index in [0.29, 0.717) is 29.8 Å². The number of imide groups is 1. The van der Waals surface area contributed by atoms with Crippen LogP contribution in [0.15, 0.2) is 48.5 Å². The number of nitrogens with zero attached hydrogens (tertiary/aromatic N) is 2. The first-order valence-electron chi connectivity index (χ1n) is 11.2. The summed E-state index contributed by atoms with van der Waals surface area (Å²) >= 11 is 0. The molecule has 3 aromatic carbocycles. The number of nitrogens with one attached hydrogen (secondary N) is 1. The molecule has 33 heavy (non-hydrogen) atoms. The van der Waals surface area contributed by atoms with Gasteiger partial charge in [0.25, 0.3) is 11.8 Å². The molecule has 7 nitrogen and oxygen atoms in total. The van der Waals surface area contributed by atoms with Gasteiger partial charge in [-0.3, -0.25) is 14.5 Å². The second-order valence-electron chi connectivity index (χ2n) is 8.67. The zero-order valence-corrected chi connectivity index (χ0v) is 18.9. The number of benzene rings is 3.